The van der Waals surface area contributed by atoms with E-state index in [1.165, 1.54) is 0 Å². The highest BCUT2D eigenvalue weighted by Gasteiger charge is 2.20. The number of hydrogen-bond donors (Lipinski definition) is 1. The first-order chi connectivity index (χ1) is 12.2. The van der Waals surface area contributed by atoms with Crippen molar-refractivity contribution in [1.82, 2.24) is 9.55 Å². The van der Waals surface area contributed by atoms with Gasteiger partial charge in [-0.1, -0.05) is 76.6 Å². The number of fused-ring (bicyclic) bond motifs is 1. The van der Waals surface area contributed by atoms with E-state index in [1.54, 1.807) is 0 Å². The third-order valence-electron chi connectivity index (χ3n) is 4.33. The van der Waals surface area contributed by atoms with Gasteiger partial charge in [0.15, 0.2) is 0 Å². The summed E-state index contributed by atoms with van der Waals surface area (Å²) in [6.45, 7) is 0.640. The number of nitrogens with zero attached hydrogens (tertiary/aromatic N) is 2. The summed E-state index contributed by atoms with van der Waals surface area (Å²) in [4.78, 5) is 4.71. The van der Waals surface area contributed by atoms with E-state index >= 15 is 0 Å². The lowest BCUT2D eigenvalue weighted by molar-refractivity contribution is 0.206. The average molecular weight is 393 g/mol. The minimum absolute atomic E-state index is 0.640. The first kappa shape index (κ1) is 16.1. The third kappa shape index (κ3) is 3.11. The summed E-state index contributed by atoms with van der Waals surface area (Å²) in [6.07, 6.45) is -0.768. The fourth-order valence-electron chi connectivity index (χ4n) is 3.05. The number of para-hydroxylation sites is 2. The Morgan fingerprint density at radius 3 is 2.36 bits per heavy atom. The molecule has 3 aromatic carbocycles. The van der Waals surface area contributed by atoms with Gasteiger partial charge in [0.25, 0.3) is 0 Å². The molecular formula is C21H17BrN2O. The van der Waals surface area contributed by atoms with Gasteiger partial charge in [-0.2, -0.15) is 0 Å². The van der Waals surface area contributed by atoms with Gasteiger partial charge in [-0.3, -0.25) is 0 Å². The van der Waals surface area contributed by atoms with Crippen molar-refractivity contribution in [1.29, 1.82) is 0 Å². The molecule has 1 atom stereocenters. The predicted molar refractivity (Wildman–Crippen MR) is 103 cm³/mol. The molecule has 0 saturated heterocycles. The smallest absolute Gasteiger partial charge is 0.143 e. The zero-order valence-electron chi connectivity index (χ0n) is 13.5. The molecule has 1 aromatic heterocycles. The fourth-order valence-corrected chi connectivity index (χ4v) is 3.46. The molecule has 0 unspecified atom stereocenters. The summed E-state index contributed by atoms with van der Waals surface area (Å²) in [6, 6.07) is 25.8. The van der Waals surface area contributed by atoms with Gasteiger partial charge in [-0.25, -0.2) is 4.98 Å². The first-order valence-corrected chi connectivity index (χ1v) is 8.95. The molecule has 0 aliphatic carbocycles. The van der Waals surface area contributed by atoms with Crippen LogP contribution in [0.15, 0.2) is 83.3 Å². The molecular weight excluding hydrogens is 376 g/mol. The van der Waals surface area contributed by atoms with Crippen molar-refractivity contribution in [3.05, 3.63) is 100 Å². The van der Waals surface area contributed by atoms with Crippen LogP contribution in [-0.4, -0.2) is 14.7 Å². The van der Waals surface area contributed by atoms with Crippen molar-refractivity contribution in [2.24, 2.45) is 0 Å². The zero-order chi connectivity index (χ0) is 17.2. The van der Waals surface area contributed by atoms with Crippen LogP contribution in [0, 0.1) is 0 Å². The van der Waals surface area contributed by atoms with Crippen molar-refractivity contribution in [3.63, 3.8) is 0 Å². The Labute approximate surface area is 154 Å². The molecule has 0 fully saturated rings. The van der Waals surface area contributed by atoms with Gasteiger partial charge in [0.2, 0.25) is 0 Å². The molecule has 4 heteroatoms. The Bertz CT molecular complexity index is 1010. The molecule has 0 amide bonds. The number of aliphatic hydroxyl groups excluding tert-OH is 1. The molecule has 4 aromatic rings. The van der Waals surface area contributed by atoms with Gasteiger partial charge in [-0.15, -0.1) is 0 Å². The lowest BCUT2D eigenvalue weighted by Gasteiger charge is -2.15. The molecule has 0 saturated carbocycles. The second-order valence-electron chi connectivity index (χ2n) is 5.95. The normalized spacial score (nSPS) is 12.4. The van der Waals surface area contributed by atoms with E-state index in [0.29, 0.717) is 12.4 Å². The number of rotatable bonds is 4. The van der Waals surface area contributed by atoms with Crippen molar-refractivity contribution >= 4 is 27.0 Å². The van der Waals surface area contributed by atoms with Crippen molar-refractivity contribution in [3.8, 4) is 0 Å². The second-order valence-corrected chi connectivity index (χ2v) is 6.80. The Kier molecular flexibility index (Phi) is 4.38. The first-order valence-electron chi connectivity index (χ1n) is 8.15. The van der Waals surface area contributed by atoms with E-state index in [2.05, 4.69) is 26.6 Å². The molecule has 0 aliphatic heterocycles. The third-order valence-corrected chi connectivity index (χ3v) is 5.10. The highest BCUT2D eigenvalue weighted by molar-refractivity contribution is 9.10. The van der Waals surface area contributed by atoms with Gasteiger partial charge in [0, 0.05) is 4.47 Å². The number of aromatic nitrogens is 2. The van der Waals surface area contributed by atoms with E-state index < -0.39 is 6.10 Å². The number of halogens is 1. The topological polar surface area (TPSA) is 38.1 Å². The van der Waals surface area contributed by atoms with Crippen LogP contribution in [0.1, 0.15) is 23.1 Å². The molecule has 4 rings (SSSR count). The van der Waals surface area contributed by atoms with Gasteiger partial charge < -0.3 is 9.67 Å². The Hall–Kier alpha value is -2.43. The maximum Gasteiger partial charge on any atom is 0.143 e. The highest BCUT2D eigenvalue weighted by atomic mass is 79.9. The standard InChI is InChI=1S/C21H17BrN2O/c22-17-11-5-4-10-16(17)14-24-19-13-7-6-12-18(19)23-21(24)20(25)15-8-2-1-3-9-15/h1-13,20,25H,14H2/t20-/m0/s1. The maximum absolute atomic E-state index is 10.9. The summed E-state index contributed by atoms with van der Waals surface area (Å²) >= 11 is 3.62. The molecule has 1 N–H and O–H groups in total. The SMILES string of the molecule is O[C@@H](c1ccccc1)c1nc2ccccc2n1Cc1ccccc1Br. The molecule has 1 heterocycles. The Morgan fingerprint density at radius 1 is 0.880 bits per heavy atom. The van der Waals surface area contributed by atoms with Gasteiger partial charge >= 0.3 is 0 Å². The number of aliphatic hydroxyl groups is 1. The quantitative estimate of drug-likeness (QED) is 0.534. The maximum atomic E-state index is 10.9. The van der Waals surface area contributed by atoms with Crippen LogP contribution in [0.2, 0.25) is 0 Å². The lowest BCUT2D eigenvalue weighted by atomic mass is 10.1. The van der Waals surface area contributed by atoms with Gasteiger partial charge in [0.1, 0.15) is 11.9 Å². The van der Waals surface area contributed by atoms with Crippen LogP contribution in [0.4, 0.5) is 0 Å². The van der Waals surface area contributed by atoms with Crippen LogP contribution in [0.5, 0.6) is 0 Å². The molecule has 3 nitrogen and oxygen atoms in total. The zero-order valence-corrected chi connectivity index (χ0v) is 15.1. The van der Waals surface area contributed by atoms with Crippen molar-refractivity contribution in [2.75, 3.05) is 0 Å². The lowest BCUT2D eigenvalue weighted by Crippen LogP contribution is -2.11. The number of imidazole rings is 1. The number of benzene rings is 3. The van der Waals surface area contributed by atoms with Crippen LogP contribution in [-0.2, 0) is 6.54 Å². The highest BCUT2D eigenvalue weighted by Crippen LogP contribution is 2.28. The summed E-state index contributed by atoms with van der Waals surface area (Å²) in [5.74, 6) is 0.656. The van der Waals surface area contributed by atoms with Gasteiger partial charge in [0.05, 0.1) is 17.6 Å². The minimum Gasteiger partial charge on any atom is -0.380 e. The van der Waals surface area contributed by atoms with Crippen LogP contribution in [0.25, 0.3) is 11.0 Å². The van der Waals surface area contributed by atoms with Gasteiger partial charge in [-0.05, 0) is 29.3 Å². The van der Waals surface area contributed by atoms with E-state index in [0.717, 1.165) is 26.6 Å². The Balaban J connectivity index is 1.85. The van der Waals surface area contributed by atoms with Crippen molar-refractivity contribution < 1.29 is 5.11 Å². The van der Waals surface area contributed by atoms with E-state index in [1.807, 2.05) is 72.8 Å². The number of hydrogen-bond acceptors (Lipinski definition) is 2. The Morgan fingerprint density at radius 2 is 1.56 bits per heavy atom. The summed E-state index contributed by atoms with van der Waals surface area (Å²) in [5.41, 5.74) is 3.89. The molecule has 0 bridgehead atoms. The summed E-state index contributed by atoms with van der Waals surface area (Å²) < 4.78 is 3.14. The van der Waals surface area contributed by atoms with Crippen LogP contribution < -0.4 is 0 Å². The van der Waals surface area contributed by atoms with E-state index in [9.17, 15) is 5.11 Å². The average Bonchev–Trinajstić information content (AvgIpc) is 3.02. The van der Waals surface area contributed by atoms with E-state index in [4.69, 9.17) is 4.98 Å². The predicted octanol–water partition coefficient (Wildman–Crippen LogP) is 4.93. The minimum atomic E-state index is -0.768. The van der Waals surface area contributed by atoms with E-state index in [-0.39, 0.29) is 0 Å². The summed E-state index contributed by atoms with van der Waals surface area (Å²) in [7, 11) is 0. The molecule has 0 aliphatic rings. The van der Waals surface area contributed by atoms with Crippen LogP contribution in [0.3, 0.4) is 0 Å². The molecule has 0 spiro atoms. The summed E-state index contributed by atoms with van der Waals surface area (Å²) in [5, 5.41) is 10.9. The molecule has 0 radical (unpaired) electrons. The monoisotopic (exact) mass is 392 g/mol. The molecule has 25 heavy (non-hydrogen) atoms. The van der Waals surface area contributed by atoms with Crippen molar-refractivity contribution in [2.45, 2.75) is 12.6 Å². The largest absolute Gasteiger partial charge is 0.380 e. The van der Waals surface area contributed by atoms with Crippen LogP contribution >= 0.6 is 15.9 Å². The fraction of sp³-hybridized carbons (Fsp3) is 0.0952. The molecule has 124 valence electrons. The second kappa shape index (κ2) is 6.82.